The van der Waals surface area contributed by atoms with E-state index in [0.717, 1.165) is 19.5 Å². The van der Waals surface area contributed by atoms with Crippen LogP contribution in [-0.2, 0) is 4.79 Å². The van der Waals surface area contributed by atoms with Gasteiger partial charge in [-0.1, -0.05) is 43.2 Å². The lowest BCUT2D eigenvalue weighted by Gasteiger charge is -2.25. The fraction of sp³-hybridized carbons (Fsp3) is 0.632. The van der Waals surface area contributed by atoms with Gasteiger partial charge >= 0.3 is 0 Å². The number of carbonyl (C=O) groups excluding carboxylic acids is 1. The quantitative estimate of drug-likeness (QED) is 0.845. The second kappa shape index (κ2) is 7.77. The minimum atomic E-state index is 0.206. The minimum Gasteiger partial charge on any atom is -0.349 e. The Labute approximate surface area is 133 Å². The second-order valence-corrected chi connectivity index (χ2v) is 6.90. The molecule has 22 heavy (non-hydrogen) atoms. The molecule has 120 valence electrons. The van der Waals surface area contributed by atoms with Crippen molar-refractivity contribution in [3.05, 3.63) is 35.9 Å². The molecule has 1 amide bonds. The Morgan fingerprint density at radius 2 is 1.95 bits per heavy atom. The summed E-state index contributed by atoms with van der Waals surface area (Å²) in [6, 6.07) is 10.7. The molecule has 1 aliphatic heterocycles. The highest BCUT2D eigenvalue weighted by Gasteiger charge is 2.27. The lowest BCUT2D eigenvalue weighted by atomic mass is 9.91. The monoisotopic (exact) mass is 300 g/mol. The molecule has 0 radical (unpaired) electrons. The Hall–Kier alpha value is -1.35. The van der Waals surface area contributed by atoms with Crippen molar-refractivity contribution in [2.45, 2.75) is 51.0 Å². The Kier molecular flexibility index (Phi) is 5.49. The van der Waals surface area contributed by atoms with Gasteiger partial charge in [0.25, 0.3) is 0 Å². The number of hydrogen-bond acceptors (Lipinski definition) is 2. The van der Waals surface area contributed by atoms with Crippen molar-refractivity contribution in [1.82, 2.24) is 10.6 Å². The average molecular weight is 300 g/mol. The minimum absolute atomic E-state index is 0.206. The molecule has 2 unspecified atom stereocenters. The van der Waals surface area contributed by atoms with Crippen molar-refractivity contribution in [3.63, 3.8) is 0 Å². The van der Waals surface area contributed by atoms with Gasteiger partial charge in [0.05, 0.1) is 6.04 Å². The summed E-state index contributed by atoms with van der Waals surface area (Å²) in [6.07, 6.45) is 8.00. The average Bonchev–Trinajstić information content (AvgIpc) is 3.25. The summed E-state index contributed by atoms with van der Waals surface area (Å²) in [5.41, 5.74) is 1.27. The zero-order valence-electron chi connectivity index (χ0n) is 13.4. The van der Waals surface area contributed by atoms with Gasteiger partial charge in [0, 0.05) is 6.42 Å². The van der Waals surface area contributed by atoms with E-state index >= 15 is 0 Å². The highest BCUT2D eigenvalue weighted by atomic mass is 16.1. The molecule has 1 saturated carbocycles. The molecule has 3 nitrogen and oxygen atoms in total. The van der Waals surface area contributed by atoms with Crippen molar-refractivity contribution in [2.24, 2.45) is 11.8 Å². The third kappa shape index (κ3) is 4.10. The van der Waals surface area contributed by atoms with Crippen LogP contribution in [0, 0.1) is 11.8 Å². The molecule has 2 aliphatic rings. The maximum absolute atomic E-state index is 12.4. The van der Waals surface area contributed by atoms with Crippen LogP contribution in [0.5, 0.6) is 0 Å². The predicted molar refractivity (Wildman–Crippen MR) is 89.5 cm³/mol. The van der Waals surface area contributed by atoms with Crippen molar-refractivity contribution >= 4 is 5.91 Å². The van der Waals surface area contributed by atoms with Gasteiger partial charge in [0.1, 0.15) is 0 Å². The first-order valence-electron chi connectivity index (χ1n) is 8.88. The molecule has 2 fully saturated rings. The van der Waals surface area contributed by atoms with Gasteiger partial charge in [-0.25, -0.2) is 0 Å². The zero-order valence-corrected chi connectivity index (χ0v) is 13.4. The van der Waals surface area contributed by atoms with Crippen LogP contribution in [0.15, 0.2) is 30.3 Å². The molecule has 3 rings (SSSR count). The first kappa shape index (κ1) is 15.5. The molecule has 0 aromatic heterocycles. The summed E-state index contributed by atoms with van der Waals surface area (Å²) >= 11 is 0. The lowest BCUT2D eigenvalue weighted by molar-refractivity contribution is -0.122. The van der Waals surface area contributed by atoms with E-state index in [2.05, 4.69) is 34.9 Å². The van der Waals surface area contributed by atoms with Gasteiger partial charge < -0.3 is 10.6 Å². The highest BCUT2D eigenvalue weighted by molar-refractivity contribution is 5.76. The number of rotatable bonds is 6. The van der Waals surface area contributed by atoms with Gasteiger partial charge in [-0.3, -0.25) is 4.79 Å². The second-order valence-electron chi connectivity index (χ2n) is 6.90. The van der Waals surface area contributed by atoms with E-state index in [1.807, 2.05) is 6.07 Å². The van der Waals surface area contributed by atoms with Crippen molar-refractivity contribution in [3.8, 4) is 0 Å². The number of nitrogens with one attached hydrogen (secondary N) is 2. The summed E-state index contributed by atoms with van der Waals surface area (Å²) in [7, 11) is 0. The zero-order chi connectivity index (χ0) is 15.2. The predicted octanol–water partition coefficient (Wildman–Crippen LogP) is 3.42. The normalized spacial score (nSPS) is 23.5. The first-order valence-corrected chi connectivity index (χ1v) is 8.88. The number of carbonyl (C=O) groups is 1. The maximum Gasteiger partial charge on any atom is 0.220 e. The fourth-order valence-corrected chi connectivity index (χ4v) is 3.97. The largest absolute Gasteiger partial charge is 0.349 e. The maximum atomic E-state index is 12.4. The molecule has 2 atom stereocenters. The number of benzene rings is 1. The fourth-order valence-electron chi connectivity index (χ4n) is 3.97. The molecule has 0 spiro atoms. The van der Waals surface area contributed by atoms with Crippen LogP contribution in [0.25, 0.3) is 0 Å². The van der Waals surface area contributed by atoms with E-state index in [9.17, 15) is 4.79 Å². The Morgan fingerprint density at radius 3 is 2.64 bits per heavy atom. The summed E-state index contributed by atoms with van der Waals surface area (Å²) in [4.78, 5) is 12.4. The Balaban J connectivity index is 1.58. The van der Waals surface area contributed by atoms with Gasteiger partial charge in [-0.15, -0.1) is 0 Å². The Morgan fingerprint density at radius 1 is 1.18 bits per heavy atom. The summed E-state index contributed by atoms with van der Waals surface area (Å²) in [6.45, 7) is 2.19. The van der Waals surface area contributed by atoms with E-state index in [1.54, 1.807) is 0 Å². The molecule has 1 aromatic carbocycles. The van der Waals surface area contributed by atoms with Crippen molar-refractivity contribution in [2.75, 3.05) is 13.1 Å². The van der Waals surface area contributed by atoms with E-state index in [1.165, 1.54) is 37.7 Å². The molecular formula is C19H28N2O. The molecule has 1 saturated heterocycles. The van der Waals surface area contributed by atoms with Crippen molar-refractivity contribution in [1.29, 1.82) is 0 Å². The number of amides is 1. The third-order valence-electron chi connectivity index (χ3n) is 5.29. The standard InChI is InChI=1S/C19H28N2O/c22-18(11-10-15-12-13-20-14-15)21-19(17-8-4-5-9-17)16-6-2-1-3-7-16/h1-3,6-7,15,17,19-20H,4-5,8-14H2,(H,21,22). The van der Waals surface area contributed by atoms with Crippen LogP contribution in [-0.4, -0.2) is 19.0 Å². The molecule has 2 N–H and O–H groups in total. The van der Waals surface area contributed by atoms with Gasteiger partial charge in [-0.2, -0.15) is 0 Å². The Bertz CT molecular complexity index is 462. The van der Waals surface area contributed by atoms with E-state index < -0.39 is 0 Å². The topological polar surface area (TPSA) is 41.1 Å². The van der Waals surface area contributed by atoms with Crippen LogP contribution < -0.4 is 10.6 Å². The van der Waals surface area contributed by atoms with Crippen LogP contribution >= 0.6 is 0 Å². The van der Waals surface area contributed by atoms with Crippen LogP contribution in [0.3, 0.4) is 0 Å². The van der Waals surface area contributed by atoms with E-state index in [0.29, 0.717) is 18.3 Å². The molecule has 0 bridgehead atoms. The van der Waals surface area contributed by atoms with Crippen molar-refractivity contribution < 1.29 is 4.79 Å². The van der Waals surface area contributed by atoms with Crippen LogP contribution in [0.4, 0.5) is 0 Å². The lowest BCUT2D eigenvalue weighted by Crippen LogP contribution is -2.33. The summed E-state index contributed by atoms with van der Waals surface area (Å²) in [5.74, 6) is 1.53. The molecular weight excluding hydrogens is 272 g/mol. The van der Waals surface area contributed by atoms with E-state index in [4.69, 9.17) is 0 Å². The van der Waals surface area contributed by atoms with Gasteiger partial charge in [0.2, 0.25) is 5.91 Å². The van der Waals surface area contributed by atoms with Crippen LogP contribution in [0.1, 0.15) is 56.6 Å². The molecule has 1 heterocycles. The smallest absolute Gasteiger partial charge is 0.220 e. The molecule has 3 heteroatoms. The molecule has 1 aliphatic carbocycles. The first-order chi connectivity index (χ1) is 10.8. The SMILES string of the molecule is O=C(CCC1CCNC1)NC(c1ccccc1)C1CCCC1. The van der Waals surface area contributed by atoms with E-state index in [-0.39, 0.29) is 11.9 Å². The van der Waals surface area contributed by atoms with Gasteiger partial charge in [-0.05, 0) is 56.2 Å². The molecule has 1 aromatic rings. The van der Waals surface area contributed by atoms with Crippen LogP contribution in [0.2, 0.25) is 0 Å². The number of hydrogen-bond donors (Lipinski definition) is 2. The highest BCUT2D eigenvalue weighted by Crippen LogP contribution is 2.35. The van der Waals surface area contributed by atoms with Gasteiger partial charge in [0.15, 0.2) is 0 Å². The third-order valence-corrected chi connectivity index (χ3v) is 5.29. The summed E-state index contributed by atoms with van der Waals surface area (Å²) in [5, 5.41) is 6.72. The summed E-state index contributed by atoms with van der Waals surface area (Å²) < 4.78 is 0.